The van der Waals surface area contributed by atoms with Crippen molar-refractivity contribution >= 4 is 28.7 Å². The SMILES string of the molecule is Cc1cccc(-n2c(N)nc3cc(Cl)cnc32)c1C. The van der Waals surface area contributed by atoms with Gasteiger partial charge in [-0.1, -0.05) is 23.7 Å². The Morgan fingerprint density at radius 1 is 1.26 bits per heavy atom. The van der Waals surface area contributed by atoms with Crippen LogP contribution in [0.3, 0.4) is 0 Å². The van der Waals surface area contributed by atoms with Crippen molar-refractivity contribution in [1.82, 2.24) is 14.5 Å². The number of nitrogens with two attached hydrogens (primary N) is 1. The molecule has 0 unspecified atom stereocenters. The van der Waals surface area contributed by atoms with Crippen LogP contribution in [0.1, 0.15) is 11.1 Å². The Kier molecular flexibility index (Phi) is 2.68. The molecule has 19 heavy (non-hydrogen) atoms. The molecule has 0 saturated carbocycles. The molecule has 1 aromatic carbocycles. The highest BCUT2D eigenvalue weighted by molar-refractivity contribution is 6.31. The van der Waals surface area contributed by atoms with Crippen molar-refractivity contribution in [2.45, 2.75) is 13.8 Å². The number of hydrogen-bond donors (Lipinski definition) is 1. The van der Waals surface area contributed by atoms with Crippen molar-refractivity contribution in [3.63, 3.8) is 0 Å². The molecule has 2 N–H and O–H groups in total. The lowest BCUT2D eigenvalue weighted by atomic mass is 10.1. The van der Waals surface area contributed by atoms with Crippen molar-refractivity contribution in [2.24, 2.45) is 0 Å². The molecular formula is C14H13ClN4. The smallest absolute Gasteiger partial charge is 0.207 e. The monoisotopic (exact) mass is 272 g/mol. The fourth-order valence-electron chi connectivity index (χ4n) is 2.17. The molecule has 2 heterocycles. The Balaban J connectivity index is 2.36. The summed E-state index contributed by atoms with van der Waals surface area (Å²) in [5, 5.41) is 0.554. The van der Waals surface area contributed by atoms with Crippen LogP contribution >= 0.6 is 11.6 Å². The minimum absolute atomic E-state index is 0.415. The second-order valence-corrected chi connectivity index (χ2v) is 4.96. The molecule has 0 aliphatic heterocycles. The fraction of sp³-hybridized carbons (Fsp3) is 0.143. The predicted octanol–water partition coefficient (Wildman–Crippen LogP) is 3.27. The maximum absolute atomic E-state index is 6.02. The summed E-state index contributed by atoms with van der Waals surface area (Å²) in [6, 6.07) is 7.84. The number of hydrogen-bond acceptors (Lipinski definition) is 3. The molecule has 2 aromatic heterocycles. The first kappa shape index (κ1) is 12.0. The zero-order chi connectivity index (χ0) is 13.6. The average Bonchev–Trinajstić information content (AvgIpc) is 2.68. The standard InChI is InChI=1S/C14H13ClN4/c1-8-4-3-5-12(9(8)2)19-13-11(18-14(19)16)6-10(15)7-17-13/h3-7H,1-2H3,(H2,16,18). The molecule has 0 saturated heterocycles. The van der Waals surface area contributed by atoms with E-state index in [1.807, 2.05) is 16.7 Å². The number of nitrogen functional groups attached to an aromatic ring is 1. The summed E-state index contributed by atoms with van der Waals surface area (Å²) in [7, 11) is 0. The second kappa shape index (κ2) is 4.24. The molecule has 0 aliphatic rings. The highest BCUT2D eigenvalue weighted by Gasteiger charge is 2.13. The summed E-state index contributed by atoms with van der Waals surface area (Å²) < 4.78 is 1.86. The number of benzene rings is 1. The van der Waals surface area contributed by atoms with Gasteiger partial charge >= 0.3 is 0 Å². The summed E-state index contributed by atoms with van der Waals surface area (Å²) >= 11 is 5.93. The van der Waals surface area contributed by atoms with Gasteiger partial charge in [0.05, 0.1) is 10.7 Å². The average molecular weight is 273 g/mol. The molecule has 4 nitrogen and oxygen atoms in total. The third-order valence-corrected chi connectivity index (χ3v) is 3.51. The van der Waals surface area contributed by atoms with E-state index in [1.54, 1.807) is 12.3 Å². The Hall–Kier alpha value is -2.07. The molecule has 3 rings (SSSR count). The maximum atomic E-state index is 6.02. The summed E-state index contributed by atoms with van der Waals surface area (Å²) in [6.07, 6.45) is 1.60. The van der Waals surface area contributed by atoms with Gasteiger partial charge in [0.2, 0.25) is 5.95 Å². The third kappa shape index (κ3) is 1.85. The van der Waals surface area contributed by atoms with Crippen LogP contribution in [-0.4, -0.2) is 14.5 Å². The van der Waals surface area contributed by atoms with Gasteiger partial charge in [0.1, 0.15) is 5.52 Å². The zero-order valence-electron chi connectivity index (χ0n) is 10.7. The normalized spacial score (nSPS) is 11.1. The Labute approximate surface area is 115 Å². The van der Waals surface area contributed by atoms with Gasteiger partial charge in [-0.3, -0.25) is 4.57 Å². The summed E-state index contributed by atoms with van der Waals surface area (Å²) in [5.74, 6) is 0.415. The summed E-state index contributed by atoms with van der Waals surface area (Å²) in [4.78, 5) is 8.65. The first-order valence-electron chi connectivity index (χ1n) is 5.94. The summed E-state index contributed by atoms with van der Waals surface area (Å²) in [5.41, 5.74) is 10.8. The molecule has 0 radical (unpaired) electrons. The number of anilines is 1. The third-order valence-electron chi connectivity index (χ3n) is 3.31. The van der Waals surface area contributed by atoms with E-state index in [2.05, 4.69) is 29.9 Å². The number of rotatable bonds is 1. The van der Waals surface area contributed by atoms with Gasteiger partial charge < -0.3 is 5.73 Å². The minimum Gasteiger partial charge on any atom is -0.369 e. The van der Waals surface area contributed by atoms with Crippen molar-refractivity contribution in [3.05, 3.63) is 46.6 Å². The number of halogens is 1. The zero-order valence-corrected chi connectivity index (χ0v) is 11.4. The maximum Gasteiger partial charge on any atom is 0.207 e. The molecule has 3 aromatic rings. The van der Waals surface area contributed by atoms with E-state index in [0.717, 1.165) is 16.9 Å². The number of aromatic nitrogens is 3. The molecule has 0 aliphatic carbocycles. The van der Waals surface area contributed by atoms with Crippen LogP contribution < -0.4 is 5.73 Å². The van der Waals surface area contributed by atoms with Gasteiger partial charge in [-0.15, -0.1) is 0 Å². The number of pyridine rings is 1. The van der Waals surface area contributed by atoms with Crippen molar-refractivity contribution in [1.29, 1.82) is 0 Å². The molecule has 5 heteroatoms. The predicted molar refractivity (Wildman–Crippen MR) is 77.8 cm³/mol. The van der Waals surface area contributed by atoms with Gasteiger partial charge in [-0.05, 0) is 37.1 Å². The van der Waals surface area contributed by atoms with Crippen LogP contribution in [-0.2, 0) is 0 Å². The van der Waals surface area contributed by atoms with Crippen LogP contribution in [0.25, 0.3) is 16.9 Å². The second-order valence-electron chi connectivity index (χ2n) is 4.52. The summed E-state index contributed by atoms with van der Waals surface area (Å²) in [6.45, 7) is 4.13. The lowest BCUT2D eigenvalue weighted by molar-refractivity contribution is 1.06. The highest BCUT2D eigenvalue weighted by atomic mass is 35.5. The van der Waals surface area contributed by atoms with Crippen LogP contribution in [0.4, 0.5) is 5.95 Å². The molecule has 0 amide bonds. The lowest BCUT2D eigenvalue weighted by Crippen LogP contribution is -2.04. The van der Waals surface area contributed by atoms with Crippen LogP contribution in [0.15, 0.2) is 30.5 Å². The first-order valence-corrected chi connectivity index (χ1v) is 6.32. The Bertz CT molecular complexity index is 776. The Morgan fingerprint density at radius 2 is 2.05 bits per heavy atom. The Morgan fingerprint density at radius 3 is 2.84 bits per heavy atom. The van der Waals surface area contributed by atoms with Gasteiger partial charge in [0.25, 0.3) is 0 Å². The van der Waals surface area contributed by atoms with Crippen LogP contribution in [0, 0.1) is 13.8 Å². The van der Waals surface area contributed by atoms with E-state index in [4.69, 9.17) is 17.3 Å². The van der Waals surface area contributed by atoms with E-state index in [9.17, 15) is 0 Å². The van der Waals surface area contributed by atoms with Crippen molar-refractivity contribution in [3.8, 4) is 5.69 Å². The minimum atomic E-state index is 0.415. The fourth-order valence-corrected chi connectivity index (χ4v) is 2.33. The molecular weight excluding hydrogens is 260 g/mol. The molecule has 0 fully saturated rings. The van der Waals surface area contributed by atoms with Crippen molar-refractivity contribution in [2.75, 3.05) is 5.73 Å². The van der Waals surface area contributed by atoms with Gasteiger partial charge in [0.15, 0.2) is 5.65 Å². The van der Waals surface area contributed by atoms with Crippen molar-refractivity contribution < 1.29 is 0 Å². The number of imidazole rings is 1. The molecule has 0 bridgehead atoms. The van der Waals surface area contributed by atoms with E-state index in [-0.39, 0.29) is 0 Å². The number of nitrogens with zero attached hydrogens (tertiary/aromatic N) is 3. The topological polar surface area (TPSA) is 56.7 Å². The van der Waals surface area contributed by atoms with Gasteiger partial charge in [-0.2, -0.15) is 0 Å². The largest absolute Gasteiger partial charge is 0.369 e. The number of fused-ring (bicyclic) bond motifs is 1. The molecule has 0 spiro atoms. The lowest BCUT2D eigenvalue weighted by Gasteiger charge is -2.11. The van der Waals surface area contributed by atoms with E-state index >= 15 is 0 Å². The molecule has 0 atom stereocenters. The highest BCUT2D eigenvalue weighted by Crippen LogP contribution is 2.26. The number of aryl methyl sites for hydroxylation is 1. The van der Waals surface area contributed by atoms with E-state index in [1.165, 1.54) is 5.56 Å². The van der Waals surface area contributed by atoms with E-state index < -0.39 is 0 Å². The molecule has 96 valence electrons. The van der Waals surface area contributed by atoms with E-state index in [0.29, 0.717) is 16.5 Å². The van der Waals surface area contributed by atoms with Gasteiger partial charge in [-0.25, -0.2) is 9.97 Å². The van der Waals surface area contributed by atoms with Crippen LogP contribution in [0.5, 0.6) is 0 Å². The van der Waals surface area contributed by atoms with Crippen LogP contribution in [0.2, 0.25) is 5.02 Å². The quantitative estimate of drug-likeness (QED) is 0.740. The first-order chi connectivity index (χ1) is 9.08. The van der Waals surface area contributed by atoms with Gasteiger partial charge in [0, 0.05) is 6.20 Å².